The average Bonchev–Trinajstić information content (AvgIpc) is 2.29. The lowest BCUT2D eigenvalue weighted by Gasteiger charge is -2.30. The third-order valence-corrected chi connectivity index (χ3v) is 3.55. The van der Waals surface area contributed by atoms with Crippen molar-refractivity contribution < 1.29 is 9.90 Å². The molecule has 1 saturated carbocycles. The number of aliphatic hydroxyl groups excluding tert-OH is 1. The summed E-state index contributed by atoms with van der Waals surface area (Å²) in [5, 5.41) is 12.3. The van der Waals surface area contributed by atoms with Crippen molar-refractivity contribution in [2.24, 2.45) is 11.7 Å². The number of aliphatic hydroxyl groups is 1. The van der Waals surface area contributed by atoms with E-state index >= 15 is 0 Å². The van der Waals surface area contributed by atoms with Gasteiger partial charge in [-0.3, -0.25) is 4.79 Å². The second kappa shape index (κ2) is 7.67. The summed E-state index contributed by atoms with van der Waals surface area (Å²) >= 11 is 0. The molecule has 1 fully saturated rings. The van der Waals surface area contributed by atoms with E-state index in [1.807, 2.05) is 6.92 Å². The van der Waals surface area contributed by atoms with E-state index < -0.39 is 0 Å². The smallest absolute Gasteiger partial charge is 0.220 e. The molecule has 17 heavy (non-hydrogen) atoms. The first-order valence-electron chi connectivity index (χ1n) is 6.79. The summed E-state index contributed by atoms with van der Waals surface area (Å²) < 4.78 is 0. The van der Waals surface area contributed by atoms with Crippen LogP contribution in [0.5, 0.6) is 0 Å². The normalized spacial score (nSPS) is 26.5. The highest BCUT2D eigenvalue weighted by Crippen LogP contribution is 2.24. The van der Waals surface area contributed by atoms with Crippen LogP contribution in [0, 0.1) is 5.92 Å². The lowest BCUT2D eigenvalue weighted by atomic mass is 9.85. The number of carbonyl (C=O) groups excluding carboxylic acids is 1. The Kier molecular flexibility index (Phi) is 6.52. The van der Waals surface area contributed by atoms with Crippen molar-refractivity contribution in [1.29, 1.82) is 0 Å². The van der Waals surface area contributed by atoms with Gasteiger partial charge in [-0.1, -0.05) is 12.8 Å². The van der Waals surface area contributed by atoms with Crippen molar-refractivity contribution in [2.45, 2.75) is 64.0 Å². The molecule has 3 unspecified atom stereocenters. The molecule has 4 nitrogen and oxygen atoms in total. The minimum atomic E-state index is 0.107. The molecule has 4 heteroatoms. The molecule has 0 aromatic rings. The number of nitrogens with two attached hydrogens (primary N) is 1. The molecule has 0 aliphatic heterocycles. The van der Waals surface area contributed by atoms with Crippen LogP contribution in [0.1, 0.15) is 51.9 Å². The van der Waals surface area contributed by atoms with Crippen molar-refractivity contribution in [3.05, 3.63) is 0 Å². The minimum absolute atomic E-state index is 0.107. The van der Waals surface area contributed by atoms with Crippen LogP contribution in [0.3, 0.4) is 0 Å². The largest absolute Gasteiger partial charge is 0.396 e. The van der Waals surface area contributed by atoms with E-state index in [1.165, 1.54) is 6.42 Å². The zero-order valence-corrected chi connectivity index (χ0v) is 10.8. The Bertz CT molecular complexity index is 231. The van der Waals surface area contributed by atoms with E-state index in [1.54, 1.807) is 0 Å². The molecule has 0 heterocycles. The predicted octanol–water partition coefficient (Wildman–Crippen LogP) is 1.17. The first-order chi connectivity index (χ1) is 8.13. The number of nitrogens with one attached hydrogen (secondary N) is 1. The van der Waals surface area contributed by atoms with Crippen LogP contribution in [-0.2, 0) is 4.79 Å². The number of rotatable bonds is 6. The van der Waals surface area contributed by atoms with Crippen LogP contribution in [-0.4, -0.2) is 29.7 Å². The molecule has 0 aromatic heterocycles. The second-order valence-electron chi connectivity index (χ2n) is 5.27. The molecule has 1 rings (SSSR count). The van der Waals surface area contributed by atoms with E-state index in [2.05, 4.69) is 5.32 Å². The molecule has 1 amide bonds. The molecular formula is C13H26N2O2. The van der Waals surface area contributed by atoms with Gasteiger partial charge < -0.3 is 16.2 Å². The SMILES string of the molecule is CC(N)CCCC(=O)NC1CCCCC1CO. The van der Waals surface area contributed by atoms with Gasteiger partial charge in [-0.15, -0.1) is 0 Å². The van der Waals surface area contributed by atoms with E-state index in [-0.39, 0.29) is 30.5 Å². The molecule has 4 N–H and O–H groups in total. The number of amides is 1. The molecule has 0 bridgehead atoms. The number of carbonyl (C=O) groups is 1. The molecule has 0 saturated heterocycles. The molecule has 0 spiro atoms. The summed E-state index contributed by atoms with van der Waals surface area (Å²) in [5.74, 6) is 0.358. The van der Waals surface area contributed by atoms with E-state index in [0.717, 1.165) is 32.1 Å². The van der Waals surface area contributed by atoms with Gasteiger partial charge in [-0.25, -0.2) is 0 Å². The zero-order valence-electron chi connectivity index (χ0n) is 10.8. The summed E-state index contributed by atoms with van der Waals surface area (Å²) in [6, 6.07) is 0.347. The Morgan fingerprint density at radius 3 is 2.82 bits per heavy atom. The number of hydrogen-bond acceptors (Lipinski definition) is 3. The van der Waals surface area contributed by atoms with Gasteiger partial charge in [0.1, 0.15) is 0 Å². The summed E-state index contributed by atoms with van der Waals surface area (Å²) in [5.41, 5.74) is 5.64. The van der Waals surface area contributed by atoms with E-state index in [0.29, 0.717) is 6.42 Å². The zero-order chi connectivity index (χ0) is 12.7. The van der Waals surface area contributed by atoms with Crippen molar-refractivity contribution in [2.75, 3.05) is 6.61 Å². The van der Waals surface area contributed by atoms with Crippen LogP contribution in [0.4, 0.5) is 0 Å². The monoisotopic (exact) mass is 242 g/mol. The standard InChI is InChI=1S/C13H26N2O2/c1-10(14)5-4-8-13(17)15-12-7-3-2-6-11(12)9-16/h10-12,16H,2-9,14H2,1H3,(H,15,17). The van der Waals surface area contributed by atoms with Gasteiger partial charge in [0, 0.05) is 31.0 Å². The van der Waals surface area contributed by atoms with Crippen molar-refractivity contribution in [3.63, 3.8) is 0 Å². The third kappa shape index (κ3) is 5.50. The first-order valence-corrected chi connectivity index (χ1v) is 6.79. The highest BCUT2D eigenvalue weighted by Gasteiger charge is 2.25. The van der Waals surface area contributed by atoms with Crippen molar-refractivity contribution in [1.82, 2.24) is 5.32 Å². The Morgan fingerprint density at radius 2 is 2.18 bits per heavy atom. The first kappa shape index (κ1) is 14.5. The molecule has 3 atom stereocenters. The minimum Gasteiger partial charge on any atom is -0.396 e. The average molecular weight is 242 g/mol. The molecular weight excluding hydrogens is 216 g/mol. The van der Waals surface area contributed by atoms with E-state index in [4.69, 9.17) is 5.73 Å². The van der Waals surface area contributed by atoms with Crippen LogP contribution >= 0.6 is 0 Å². The fourth-order valence-electron chi connectivity index (χ4n) is 2.48. The summed E-state index contributed by atoms with van der Waals surface area (Å²) in [7, 11) is 0. The van der Waals surface area contributed by atoms with Crippen LogP contribution in [0.15, 0.2) is 0 Å². The Morgan fingerprint density at radius 1 is 1.47 bits per heavy atom. The summed E-state index contributed by atoms with van der Waals surface area (Å²) in [6.45, 7) is 2.14. The van der Waals surface area contributed by atoms with Crippen LogP contribution in [0.2, 0.25) is 0 Å². The molecule has 0 aromatic carbocycles. The maximum absolute atomic E-state index is 11.7. The summed E-state index contributed by atoms with van der Waals surface area (Å²) in [4.78, 5) is 11.7. The Hall–Kier alpha value is -0.610. The van der Waals surface area contributed by atoms with Gasteiger partial charge >= 0.3 is 0 Å². The van der Waals surface area contributed by atoms with Crippen molar-refractivity contribution in [3.8, 4) is 0 Å². The van der Waals surface area contributed by atoms with Gasteiger partial charge in [-0.2, -0.15) is 0 Å². The lowest BCUT2D eigenvalue weighted by Crippen LogP contribution is -2.43. The highest BCUT2D eigenvalue weighted by molar-refractivity contribution is 5.76. The topological polar surface area (TPSA) is 75.4 Å². The van der Waals surface area contributed by atoms with Crippen molar-refractivity contribution >= 4 is 5.91 Å². The van der Waals surface area contributed by atoms with Gasteiger partial charge in [0.25, 0.3) is 0 Å². The molecule has 0 radical (unpaired) electrons. The van der Waals surface area contributed by atoms with Crippen LogP contribution in [0.25, 0.3) is 0 Å². The second-order valence-corrected chi connectivity index (χ2v) is 5.27. The lowest BCUT2D eigenvalue weighted by molar-refractivity contribution is -0.122. The Labute approximate surface area is 104 Å². The fraction of sp³-hybridized carbons (Fsp3) is 0.923. The van der Waals surface area contributed by atoms with E-state index in [9.17, 15) is 9.90 Å². The molecule has 1 aliphatic rings. The number of hydrogen-bond donors (Lipinski definition) is 3. The highest BCUT2D eigenvalue weighted by atomic mass is 16.3. The Balaban J connectivity index is 2.24. The van der Waals surface area contributed by atoms with Gasteiger partial charge in [0.15, 0.2) is 0 Å². The van der Waals surface area contributed by atoms with Gasteiger partial charge in [-0.05, 0) is 32.6 Å². The quantitative estimate of drug-likeness (QED) is 0.654. The summed E-state index contributed by atoms with van der Waals surface area (Å²) in [6.07, 6.45) is 6.65. The molecule has 1 aliphatic carbocycles. The van der Waals surface area contributed by atoms with Crippen LogP contribution < -0.4 is 11.1 Å². The molecule has 100 valence electrons. The maximum atomic E-state index is 11.7. The van der Waals surface area contributed by atoms with Gasteiger partial charge in [0.05, 0.1) is 0 Å². The predicted molar refractivity (Wildman–Crippen MR) is 68.5 cm³/mol. The van der Waals surface area contributed by atoms with Gasteiger partial charge in [0.2, 0.25) is 5.91 Å². The maximum Gasteiger partial charge on any atom is 0.220 e. The fourth-order valence-corrected chi connectivity index (χ4v) is 2.48. The third-order valence-electron chi connectivity index (χ3n) is 3.55.